The number of ether oxygens (including phenoxy) is 2. The van der Waals surface area contributed by atoms with Gasteiger partial charge < -0.3 is 9.47 Å². The first kappa shape index (κ1) is 14.9. The lowest BCUT2D eigenvalue weighted by atomic mass is 10.1. The number of unbranched alkanes of at least 4 members (excludes halogenated alkanes) is 5. The highest BCUT2D eigenvalue weighted by molar-refractivity contribution is 5.68. The number of rotatable bonds is 9. The molecule has 4 nitrogen and oxygen atoms in total. The van der Waals surface area contributed by atoms with Crippen molar-refractivity contribution in [3.05, 3.63) is 0 Å². The van der Waals surface area contributed by atoms with Crippen LogP contribution in [0.5, 0.6) is 0 Å². The second kappa shape index (κ2) is 10.5. The van der Waals surface area contributed by atoms with Crippen LogP contribution in [-0.2, 0) is 19.1 Å². The predicted octanol–water partition coefficient (Wildman–Crippen LogP) is 2.45. The van der Waals surface area contributed by atoms with Crippen molar-refractivity contribution in [3.8, 4) is 0 Å². The van der Waals surface area contributed by atoms with E-state index in [2.05, 4.69) is 4.74 Å². The number of methoxy groups -OCH3 is 1. The van der Waals surface area contributed by atoms with Crippen LogP contribution in [0.2, 0.25) is 0 Å². The zero-order valence-corrected chi connectivity index (χ0v) is 10.3. The molecule has 0 fully saturated rings. The Balaban J connectivity index is 3.04. The van der Waals surface area contributed by atoms with Crippen molar-refractivity contribution in [3.63, 3.8) is 0 Å². The molecule has 0 N–H and O–H groups in total. The average Bonchev–Trinajstić information content (AvgIpc) is 2.26. The average molecular weight is 230 g/mol. The van der Waals surface area contributed by atoms with Gasteiger partial charge in [0.1, 0.15) is 0 Å². The number of esters is 2. The van der Waals surface area contributed by atoms with Crippen LogP contribution >= 0.6 is 0 Å². The molecule has 0 unspecified atom stereocenters. The topological polar surface area (TPSA) is 52.6 Å². The molecule has 0 heterocycles. The summed E-state index contributed by atoms with van der Waals surface area (Å²) < 4.78 is 9.36. The normalized spacial score (nSPS) is 9.88. The van der Waals surface area contributed by atoms with Crippen LogP contribution in [0, 0.1) is 0 Å². The van der Waals surface area contributed by atoms with Gasteiger partial charge in [0.25, 0.3) is 0 Å². The highest BCUT2D eigenvalue weighted by atomic mass is 16.5. The van der Waals surface area contributed by atoms with E-state index < -0.39 is 0 Å². The van der Waals surface area contributed by atoms with E-state index in [1.165, 1.54) is 14.0 Å². The standard InChI is InChI=1S/C12H22O4/c1-11(13)16-10-8-6-4-3-5-7-9-12(14)15-2/h3-10H2,1-2H3. The van der Waals surface area contributed by atoms with E-state index in [1.54, 1.807) is 0 Å². The summed E-state index contributed by atoms with van der Waals surface area (Å²) >= 11 is 0. The highest BCUT2D eigenvalue weighted by Gasteiger charge is 1.99. The molecule has 0 saturated carbocycles. The van der Waals surface area contributed by atoms with E-state index in [1.807, 2.05) is 0 Å². The van der Waals surface area contributed by atoms with Crippen molar-refractivity contribution >= 4 is 11.9 Å². The molecule has 0 rings (SSSR count). The SMILES string of the molecule is COC(=O)CCCCCCCCOC(C)=O. The second-order valence-electron chi connectivity index (χ2n) is 3.79. The zero-order valence-electron chi connectivity index (χ0n) is 10.3. The summed E-state index contributed by atoms with van der Waals surface area (Å²) in [5.74, 6) is -0.340. The highest BCUT2D eigenvalue weighted by Crippen LogP contribution is 2.07. The molecule has 4 heteroatoms. The number of carbonyl (C=O) groups is 2. The zero-order chi connectivity index (χ0) is 12.2. The maximum absolute atomic E-state index is 10.8. The van der Waals surface area contributed by atoms with Crippen LogP contribution in [0.3, 0.4) is 0 Å². The number of carbonyl (C=O) groups excluding carboxylic acids is 2. The van der Waals surface area contributed by atoms with Gasteiger partial charge in [-0.25, -0.2) is 0 Å². The van der Waals surface area contributed by atoms with Crippen LogP contribution in [0.1, 0.15) is 51.9 Å². The smallest absolute Gasteiger partial charge is 0.305 e. The van der Waals surface area contributed by atoms with Gasteiger partial charge in [0.15, 0.2) is 0 Å². The fraction of sp³-hybridized carbons (Fsp3) is 0.833. The molecule has 0 aromatic rings. The molecule has 94 valence electrons. The third kappa shape index (κ3) is 11.0. The van der Waals surface area contributed by atoms with Gasteiger partial charge in [-0.2, -0.15) is 0 Å². The Bertz CT molecular complexity index is 201. The molecule has 0 aromatic heterocycles. The molecule has 0 saturated heterocycles. The molecule has 0 atom stereocenters. The van der Waals surface area contributed by atoms with Gasteiger partial charge in [0.2, 0.25) is 0 Å². The summed E-state index contributed by atoms with van der Waals surface area (Å²) in [6.07, 6.45) is 6.73. The summed E-state index contributed by atoms with van der Waals surface area (Å²) in [5.41, 5.74) is 0. The first-order chi connectivity index (χ1) is 7.66. The van der Waals surface area contributed by atoms with Crippen molar-refractivity contribution in [1.29, 1.82) is 0 Å². The lowest BCUT2D eigenvalue weighted by molar-refractivity contribution is -0.141. The molecule has 0 aliphatic carbocycles. The van der Waals surface area contributed by atoms with E-state index in [0.29, 0.717) is 13.0 Å². The summed E-state index contributed by atoms with van der Waals surface area (Å²) in [6.45, 7) is 1.95. The number of hydrogen-bond donors (Lipinski definition) is 0. The van der Waals surface area contributed by atoms with Gasteiger partial charge in [-0.1, -0.05) is 25.7 Å². The Kier molecular flexibility index (Phi) is 9.76. The molecular formula is C12H22O4. The van der Waals surface area contributed by atoms with Crippen molar-refractivity contribution in [1.82, 2.24) is 0 Å². The van der Waals surface area contributed by atoms with E-state index in [9.17, 15) is 9.59 Å². The van der Waals surface area contributed by atoms with Gasteiger partial charge >= 0.3 is 11.9 Å². The molecule has 16 heavy (non-hydrogen) atoms. The predicted molar refractivity (Wildman–Crippen MR) is 61.0 cm³/mol. The minimum atomic E-state index is -0.210. The summed E-state index contributed by atoms with van der Waals surface area (Å²) in [4.78, 5) is 21.2. The van der Waals surface area contributed by atoms with Crippen molar-refractivity contribution < 1.29 is 19.1 Å². The third-order valence-electron chi connectivity index (χ3n) is 2.31. The Morgan fingerprint density at radius 1 is 0.938 bits per heavy atom. The Morgan fingerprint density at radius 3 is 2.06 bits per heavy atom. The van der Waals surface area contributed by atoms with Gasteiger partial charge in [0.05, 0.1) is 13.7 Å². The summed E-state index contributed by atoms with van der Waals surface area (Å²) in [6, 6.07) is 0. The van der Waals surface area contributed by atoms with E-state index in [0.717, 1.165) is 38.5 Å². The second-order valence-corrected chi connectivity index (χ2v) is 3.79. The first-order valence-corrected chi connectivity index (χ1v) is 5.87. The van der Waals surface area contributed by atoms with Gasteiger partial charge in [-0.3, -0.25) is 9.59 Å². The van der Waals surface area contributed by atoms with E-state index in [-0.39, 0.29) is 11.9 Å². The summed E-state index contributed by atoms with van der Waals surface area (Å²) in [7, 11) is 1.41. The fourth-order valence-electron chi connectivity index (χ4n) is 1.40. The quantitative estimate of drug-likeness (QED) is 0.451. The van der Waals surface area contributed by atoms with Gasteiger partial charge in [-0.05, 0) is 12.8 Å². The van der Waals surface area contributed by atoms with Crippen LogP contribution in [-0.4, -0.2) is 25.7 Å². The molecule has 0 amide bonds. The van der Waals surface area contributed by atoms with Crippen LogP contribution in [0.25, 0.3) is 0 Å². The molecule has 0 aromatic carbocycles. The van der Waals surface area contributed by atoms with Gasteiger partial charge in [-0.15, -0.1) is 0 Å². The maximum Gasteiger partial charge on any atom is 0.305 e. The van der Waals surface area contributed by atoms with Crippen molar-refractivity contribution in [2.24, 2.45) is 0 Å². The maximum atomic E-state index is 10.8. The van der Waals surface area contributed by atoms with Crippen LogP contribution in [0.4, 0.5) is 0 Å². The Morgan fingerprint density at radius 2 is 1.50 bits per heavy atom. The Labute approximate surface area is 97.3 Å². The molecule has 0 spiro atoms. The van der Waals surface area contributed by atoms with E-state index >= 15 is 0 Å². The lowest BCUT2D eigenvalue weighted by Crippen LogP contribution is -2.00. The van der Waals surface area contributed by atoms with Gasteiger partial charge in [0, 0.05) is 13.3 Å². The van der Waals surface area contributed by atoms with Crippen LogP contribution in [0.15, 0.2) is 0 Å². The largest absolute Gasteiger partial charge is 0.469 e. The molecule has 0 aliphatic heterocycles. The van der Waals surface area contributed by atoms with Crippen molar-refractivity contribution in [2.45, 2.75) is 51.9 Å². The third-order valence-corrected chi connectivity index (χ3v) is 2.31. The summed E-state index contributed by atoms with van der Waals surface area (Å²) in [5, 5.41) is 0. The number of hydrogen-bond acceptors (Lipinski definition) is 4. The first-order valence-electron chi connectivity index (χ1n) is 5.87. The van der Waals surface area contributed by atoms with Crippen molar-refractivity contribution in [2.75, 3.05) is 13.7 Å². The minimum Gasteiger partial charge on any atom is -0.469 e. The molecular weight excluding hydrogens is 208 g/mol. The van der Waals surface area contributed by atoms with E-state index in [4.69, 9.17) is 4.74 Å². The minimum absolute atomic E-state index is 0.130. The molecule has 0 aliphatic rings. The Hall–Kier alpha value is -1.06. The monoisotopic (exact) mass is 230 g/mol. The fourth-order valence-corrected chi connectivity index (χ4v) is 1.40. The lowest BCUT2D eigenvalue weighted by Gasteiger charge is -2.02. The van der Waals surface area contributed by atoms with Crippen LogP contribution < -0.4 is 0 Å². The molecule has 0 radical (unpaired) electrons. The molecule has 0 bridgehead atoms.